The van der Waals surface area contributed by atoms with Gasteiger partial charge in [0.2, 0.25) is 5.88 Å². The summed E-state index contributed by atoms with van der Waals surface area (Å²) in [6.07, 6.45) is 3.61. The van der Waals surface area contributed by atoms with Crippen molar-refractivity contribution in [3.05, 3.63) is 30.6 Å². The number of aromatic nitrogens is 2. The van der Waals surface area contributed by atoms with Crippen LogP contribution in [0.15, 0.2) is 30.6 Å². The molecule has 9 nitrogen and oxygen atoms in total. The van der Waals surface area contributed by atoms with Gasteiger partial charge in [0.1, 0.15) is 25.1 Å². The van der Waals surface area contributed by atoms with Gasteiger partial charge in [-0.05, 0) is 30.6 Å². The Labute approximate surface area is 179 Å². The van der Waals surface area contributed by atoms with Crippen LogP contribution in [0.1, 0.15) is 6.42 Å². The molecule has 1 unspecified atom stereocenters. The molecule has 1 N–H and O–H groups in total. The largest absolute Gasteiger partial charge is 0.474 e. The first-order chi connectivity index (χ1) is 14.6. The minimum absolute atomic E-state index is 0.248. The van der Waals surface area contributed by atoms with Crippen LogP contribution in [0.5, 0.6) is 5.88 Å². The normalized spacial score (nSPS) is 17.4. The number of fused-ring (bicyclic) bond motifs is 1. The predicted molar refractivity (Wildman–Crippen MR) is 114 cm³/mol. The summed E-state index contributed by atoms with van der Waals surface area (Å²) in [5.41, 5.74) is 0.798. The zero-order valence-corrected chi connectivity index (χ0v) is 17.9. The maximum atomic E-state index is 12.7. The zero-order valence-electron chi connectivity index (χ0n) is 17.1. The molecule has 2 atom stereocenters. The minimum atomic E-state index is -0.667. The lowest BCUT2D eigenvalue weighted by molar-refractivity contribution is -0.143. The van der Waals surface area contributed by atoms with Crippen molar-refractivity contribution in [1.82, 2.24) is 20.2 Å². The molecule has 1 aromatic carbocycles. The predicted octanol–water partition coefficient (Wildman–Crippen LogP) is 1.71. The first-order valence-electron chi connectivity index (χ1n) is 9.68. The molecule has 1 saturated heterocycles. The third kappa shape index (κ3) is 5.73. The van der Waals surface area contributed by atoms with Gasteiger partial charge in [0.05, 0.1) is 31.2 Å². The number of morpholine rings is 1. The molecule has 2 amide bonds. The summed E-state index contributed by atoms with van der Waals surface area (Å²) in [5.74, 6) is 0.779. The number of nitrogens with one attached hydrogen (secondary N) is 1. The molecule has 0 radical (unpaired) electrons. The first-order valence-corrected chi connectivity index (χ1v) is 11.1. The zero-order chi connectivity index (χ0) is 21.3. The monoisotopic (exact) mass is 434 g/mol. The van der Waals surface area contributed by atoms with Gasteiger partial charge in [0, 0.05) is 6.54 Å². The summed E-state index contributed by atoms with van der Waals surface area (Å²) in [5, 5.41) is 3.59. The molecular formula is C20H26N4O5S. The second-order valence-corrected chi connectivity index (χ2v) is 7.74. The number of hydrogen-bond acceptors (Lipinski definition) is 8. The molecule has 10 heteroatoms. The number of methoxy groups -OCH3 is 1. The second-order valence-electron chi connectivity index (χ2n) is 6.75. The van der Waals surface area contributed by atoms with Crippen LogP contribution in [0, 0.1) is 0 Å². The van der Waals surface area contributed by atoms with Gasteiger partial charge in [-0.3, -0.25) is 0 Å². The Morgan fingerprint density at radius 3 is 3.00 bits per heavy atom. The number of para-hydroxylation sites is 1. The van der Waals surface area contributed by atoms with Gasteiger partial charge < -0.3 is 24.4 Å². The third-order valence-electron chi connectivity index (χ3n) is 4.73. The van der Waals surface area contributed by atoms with E-state index < -0.39 is 12.0 Å². The number of esters is 1. The Morgan fingerprint density at radius 2 is 2.20 bits per heavy atom. The number of thioether (sulfide) groups is 1. The summed E-state index contributed by atoms with van der Waals surface area (Å²) >= 11 is 1.61. The molecule has 30 heavy (non-hydrogen) atoms. The van der Waals surface area contributed by atoms with Crippen LogP contribution in [0.25, 0.3) is 10.9 Å². The van der Waals surface area contributed by atoms with E-state index in [0.29, 0.717) is 32.0 Å². The van der Waals surface area contributed by atoms with Gasteiger partial charge >= 0.3 is 12.0 Å². The first kappa shape index (κ1) is 22.1. The number of carbonyl (C=O) groups is 2. The SMILES string of the molecule is COC(=O)[C@H](CCSC)NC(=O)N1CCOC(COc2ncnc3ccccc23)C1. The molecule has 0 bridgehead atoms. The van der Waals surface area contributed by atoms with Crippen LogP contribution in [0.4, 0.5) is 4.79 Å². The van der Waals surface area contributed by atoms with E-state index in [-0.39, 0.29) is 18.7 Å². The van der Waals surface area contributed by atoms with Gasteiger partial charge in [0.25, 0.3) is 0 Å². The van der Waals surface area contributed by atoms with Crippen LogP contribution in [-0.2, 0) is 14.3 Å². The van der Waals surface area contributed by atoms with E-state index >= 15 is 0 Å². The van der Waals surface area contributed by atoms with E-state index in [1.165, 1.54) is 13.4 Å². The number of benzene rings is 1. The Bertz CT molecular complexity index is 863. The fourth-order valence-electron chi connectivity index (χ4n) is 3.14. The summed E-state index contributed by atoms with van der Waals surface area (Å²) < 4.78 is 16.4. The standard InChI is InChI=1S/C20H26N4O5S/c1-27-19(25)17(7-10-30-2)23-20(26)24-8-9-28-14(11-24)12-29-18-15-5-3-4-6-16(15)21-13-22-18/h3-6,13-14,17H,7-12H2,1-2H3,(H,23,26)/t14?,17-/m0/s1. The molecule has 1 aromatic heterocycles. The molecule has 0 aliphatic carbocycles. The van der Waals surface area contributed by atoms with Crippen molar-refractivity contribution < 1.29 is 23.8 Å². The number of urea groups is 1. The summed E-state index contributed by atoms with van der Waals surface area (Å²) in [6, 6.07) is 6.61. The van der Waals surface area contributed by atoms with Gasteiger partial charge in [-0.2, -0.15) is 11.8 Å². The number of amides is 2. The van der Waals surface area contributed by atoms with E-state index in [4.69, 9.17) is 14.2 Å². The lowest BCUT2D eigenvalue weighted by Gasteiger charge is -2.33. The van der Waals surface area contributed by atoms with Crippen molar-refractivity contribution in [2.75, 3.05) is 45.4 Å². The quantitative estimate of drug-likeness (QED) is 0.627. The van der Waals surface area contributed by atoms with E-state index in [2.05, 4.69) is 15.3 Å². The second kappa shape index (κ2) is 11.0. The molecule has 3 rings (SSSR count). The van der Waals surface area contributed by atoms with Crippen LogP contribution in [0.2, 0.25) is 0 Å². The average Bonchev–Trinajstić information content (AvgIpc) is 2.79. The van der Waals surface area contributed by atoms with Gasteiger partial charge in [0.15, 0.2) is 0 Å². The van der Waals surface area contributed by atoms with E-state index in [1.807, 2.05) is 30.5 Å². The van der Waals surface area contributed by atoms with Gasteiger partial charge in [-0.25, -0.2) is 19.6 Å². The Balaban J connectivity index is 1.56. The van der Waals surface area contributed by atoms with Crippen molar-refractivity contribution in [2.45, 2.75) is 18.6 Å². The summed E-state index contributed by atoms with van der Waals surface area (Å²) in [4.78, 5) is 34.7. The molecule has 2 heterocycles. The van der Waals surface area contributed by atoms with Gasteiger partial charge in [-0.1, -0.05) is 12.1 Å². The van der Waals surface area contributed by atoms with Crippen molar-refractivity contribution in [1.29, 1.82) is 0 Å². The molecule has 1 aliphatic rings. The topological polar surface area (TPSA) is 103 Å². The molecule has 162 valence electrons. The lowest BCUT2D eigenvalue weighted by atomic mass is 10.2. The Kier molecular flexibility index (Phi) is 8.09. The van der Waals surface area contributed by atoms with Gasteiger partial charge in [-0.15, -0.1) is 0 Å². The number of ether oxygens (including phenoxy) is 3. The smallest absolute Gasteiger partial charge is 0.328 e. The molecule has 1 aliphatic heterocycles. The molecule has 2 aromatic rings. The fourth-order valence-corrected chi connectivity index (χ4v) is 3.61. The number of rotatable bonds is 8. The van der Waals surface area contributed by atoms with Crippen LogP contribution in [0.3, 0.4) is 0 Å². The van der Waals surface area contributed by atoms with E-state index in [9.17, 15) is 9.59 Å². The van der Waals surface area contributed by atoms with Crippen LogP contribution >= 0.6 is 11.8 Å². The minimum Gasteiger partial charge on any atom is -0.474 e. The highest BCUT2D eigenvalue weighted by molar-refractivity contribution is 7.98. The third-order valence-corrected chi connectivity index (χ3v) is 5.38. The Hall–Kier alpha value is -2.59. The highest BCUT2D eigenvalue weighted by Gasteiger charge is 2.28. The molecule has 0 spiro atoms. The van der Waals surface area contributed by atoms with Crippen molar-refractivity contribution >= 4 is 34.7 Å². The highest BCUT2D eigenvalue weighted by atomic mass is 32.2. The molecule has 0 saturated carbocycles. The van der Waals surface area contributed by atoms with E-state index in [0.717, 1.165) is 16.7 Å². The molecular weight excluding hydrogens is 408 g/mol. The average molecular weight is 435 g/mol. The van der Waals surface area contributed by atoms with Crippen molar-refractivity contribution in [3.63, 3.8) is 0 Å². The number of carbonyl (C=O) groups excluding carboxylic acids is 2. The highest BCUT2D eigenvalue weighted by Crippen LogP contribution is 2.21. The van der Waals surface area contributed by atoms with Crippen molar-refractivity contribution in [3.8, 4) is 5.88 Å². The summed E-state index contributed by atoms with van der Waals surface area (Å²) in [6.45, 7) is 1.43. The number of hydrogen-bond donors (Lipinski definition) is 1. The van der Waals surface area contributed by atoms with E-state index in [1.54, 1.807) is 16.7 Å². The molecule has 1 fully saturated rings. The number of nitrogens with zero attached hydrogens (tertiary/aromatic N) is 3. The maximum absolute atomic E-state index is 12.7. The van der Waals surface area contributed by atoms with Crippen molar-refractivity contribution in [2.24, 2.45) is 0 Å². The summed E-state index contributed by atoms with van der Waals surface area (Å²) in [7, 11) is 1.32. The van der Waals surface area contributed by atoms with Crippen LogP contribution < -0.4 is 10.1 Å². The Morgan fingerprint density at radius 1 is 1.37 bits per heavy atom. The maximum Gasteiger partial charge on any atom is 0.328 e. The lowest BCUT2D eigenvalue weighted by Crippen LogP contribution is -2.54. The fraction of sp³-hybridized carbons (Fsp3) is 0.500. The van der Waals surface area contributed by atoms with Crippen LogP contribution in [-0.4, -0.2) is 84.4 Å².